The molecule has 0 radical (unpaired) electrons. The van der Waals surface area contributed by atoms with E-state index < -0.39 is 0 Å². The molecular formula is C26H37NO2. The van der Waals surface area contributed by atoms with E-state index in [-0.39, 0.29) is 11.3 Å². The number of nitrogens with one attached hydrogen (secondary N) is 1. The lowest BCUT2D eigenvalue weighted by Gasteiger charge is -2.20. The first-order chi connectivity index (χ1) is 13.6. The molecule has 29 heavy (non-hydrogen) atoms. The molecule has 2 aromatic rings. The first-order valence-corrected chi connectivity index (χ1v) is 10.8. The van der Waals surface area contributed by atoms with E-state index in [0.717, 1.165) is 11.4 Å². The molecule has 3 nitrogen and oxygen atoms in total. The van der Waals surface area contributed by atoms with Crippen molar-refractivity contribution in [3.63, 3.8) is 0 Å². The third kappa shape index (κ3) is 6.62. The number of carbonyl (C=O) groups excluding carboxylic acids is 1. The summed E-state index contributed by atoms with van der Waals surface area (Å²) in [6, 6.07) is 14.5. The molecule has 2 rings (SSSR count). The quantitative estimate of drug-likeness (QED) is 0.487. The Morgan fingerprint density at radius 2 is 1.48 bits per heavy atom. The van der Waals surface area contributed by atoms with Gasteiger partial charge in [0, 0.05) is 12.1 Å². The number of hydrogen-bond donors (Lipinski definition) is 1. The molecule has 3 heteroatoms. The second-order valence-corrected chi connectivity index (χ2v) is 9.40. The van der Waals surface area contributed by atoms with Gasteiger partial charge in [0.15, 0.2) is 0 Å². The maximum atomic E-state index is 12.6. The minimum absolute atomic E-state index is 0.0479. The lowest BCUT2D eigenvalue weighted by Crippen LogP contribution is -2.16. The van der Waals surface area contributed by atoms with Gasteiger partial charge in [0.05, 0.1) is 6.61 Å². The predicted molar refractivity (Wildman–Crippen MR) is 123 cm³/mol. The number of rotatable bonds is 8. The van der Waals surface area contributed by atoms with Crippen LogP contribution in [0.15, 0.2) is 42.5 Å². The summed E-state index contributed by atoms with van der Waals surface area (Å²) in [6.45, 7) is 15.8. The molecule has 0 aliphatic rings. The Labute approximate surface area is 176 Å². The van der Waals surface area contributed by atoms with Gasteiger partial charge >= 0.3 is 0 Å². The fraction of sp³-hybridized carbons (Fsp3) is 0.500. The van der Waals surface area contributed by atoms with E-state index in [1.54, 1.807) is 0 Å². The van der Waals surface area contributed by atoms with E-state index in [4.69, 9.17) is 4.74 Å². The molecule has 0 bridgehead atoms. The summed E-state index contributed by atoms with van der Waals surface area (Å²) in [5.74, 6) is 1.63. The van der Waals surface area contributed by atoms with Gasteiger partial charge in [-0.25, -0.2) is 0 Å². The van der Waals surface area contributed by atoms with Gasteiger partial charge in [-0.15, -0.1) is 0 Å². The summed E-state index contributed by atoms with van der Waals surface area (Å²) in [7, 11) is 0. The van der Waals surface area contributed by atoms with Gasteiger partial charge < -0.3 is 10.1 Å². The highest BCUT2D eigenvalue weighted by molar-refractivity contribution is 5.92. The highest BCUT2D eigenvalue weighted by atomic mass is 16.5. The third-order valence-electron chi connectivity index (χ3n) is 5.17. The third-order valence-corrected chi connectivity index (χ3v) is 5.17. The molecule has 0 spiro atoms. The summed E-state index contributed by atoms with van der Waals surface area (Å²) < 4.78 is 5.82. The predicted octanol–water partition coefficient (Wildman–Crippen LogP) is 7.03. The molecule has 0 aromatic heterocycles. The largest absolute Gasteiger partial charge is 0.494 e. The van der Waals surface area contributed by atoms with E-state index in [9.17, 15) is 4.79 Å². The average molecular weight is 396 g/mol. The van der Waals surface area contributed by atoms with Gasteiger partial charge in [-0.2, -0.15) is 0 Å². The van der Waals surface area contributed by atoms with Crippen molar-refractivity contribution in [1.82, 2.24) is 0 Å². The summed E-state index contributed by atoms with van der Waals surface area (Å²) >= 11 is 0. The zero-order valence-corrected chi connectivity index (χ0v) is 19.1. The summed E-state index contributed by atoms with van der Waals surface area (Å²) in [5.41, 5.74) is 4.80. The fourth-order valence-electron chi connectivity index (χ4n) is 3.37. The lowest BCUT2D eigenvalue weighted by atomic mass is 9.87. The maximum Gasteiger partial charge on any atom is 0.224 e. The Morgan fingerprint density at radius 1 is 0.931 bits per heavy atom. The van der Waals surface area contributed by atoms with Crippen molar-refractivity contribution >= 4 is 11.6 Å². The Morgan fingerprint density at radius 3 is 1.97 bits per heavy atom. The molecule has 158 valence electrons. The molecular weight excluding hydrogens is 358 g/mol. The monoisotopic (exact) mass is 395 g/mol. The van der Waals surface area contributed by atoms with Crippen LogP contribution < -0.4 is 10.1 Å². The minimum atomic E-state index is 0.0479. The van der Waals surface area contributed by atoms with Gasteiger partial charge in [0.1, 0.15) is 5.75 Å². The van der Waals surface area contributed by atoms with Crippen LogP contribution in [0.5, 0.6) is 5.75 Å². The van der Waals surface area contributed by atoms with Crippen LogP contribution >= 0.6 is 0 Å². The number of benzene rings is 2. The smallest absolute Gasteiger partial charge is 0.224 e. The zero-order chi connectivity index (χ0) is 21.6. The second-order valence-electron chi connectivity index (χ2n) is 9.40. The van der Waals surface area contributed by atoms with Gasteiger partial charge in [-0.3, -0.25) is 4.79 Å². The molecule has 0 unspecified atom stereocenters. The van der Waals surface area contributed by atoms with Crippen LogP contribution in [0.3, 0.4) is 0 Å². The Balaban J connectivity index is 1.89. The minimum Gasteiger partial charge on any atom is -0.494 e. The van der Waals surface area contributed by atoms with E-state index >= 15 is 0 Å². The van der Waals surface area contributed by atoms with Crippen molar-refractivity contribution in [2.75, 3.05) is 11.9 Å². The number of para-hydroxylation sites is 1. The van der Waals surface area contributed by atoms with Crippen molar-refractivity contribution in [1.29, 1.82) is 0 Å². The average Bonchev–Trinajstić information content (AvgIpc) is 2.64. The number of anilines is 1. The van der Waals surface area contributed by atoms with Crippen LogP contribution in [0.4, 0.5) is 5.69 Å². The van der Waals surface area contributed by atoms with E-state index in [1.807, 2.05) is 12.1 Å². The van der Waals surface area contributed by atoms with Crippen LogP contribution in [0.25, 0.3) is 0 Å². The molecule has 0 saturated heterocycles. The van der Waals surface area contributed by atoms with Gasteiger partial charge in [-0.1, -0.05) is 78.8 Å². The van der Waals surface area contributed by atoms with Crippen molar-refractivity contribution < 1.29 is 9.53 Å². The number of ether oxygens (including phenoxy) is 1. The molecule has 2 aromatic carbocycles. The molecule has 0 atom stereocenters. The number of hydrogen-bond acceptors (Lipinski definition) is 2. The second kappa shape index (κ2) is 9.96. The molecule has 1 N–H and O–H groups in total. The molecule has 1 amide bonds. The van der Waals surface area contributed by atoms with Gasteiger partial charge in [0.2, 0.25) is 5.91 Å². The highest BCUT2D eigenvalue weighted by Gasteiger charge is 2.16. The number of amides is 1. The SMILES string of the molecule is CC(C)c1cccc(C(C)C)c1NC(=O)CCCOc1ccc(C(C)(C)C)cc1. The lowest BCUT2D eigenvalue weighted by molar-refractivity contribution is -0.116. The van der Waals surface area contributed by atoms with E-state index in [2.05, 4.69) is 84.1 Å². The highest BCUT2D eigenvalue weighted by Crippen LogP contribution is 2.32. The Hall–Kier alpha value is -2.29. The fourth-order valence-corrected chi connectivity index (χ4v) is 3.37. The van der Waals surface area contributed by atoms with Crippen molar-refractivity contribution in [2.45, 2.75) is 78.6 Å². The van der Waals surface area contributed by atoms with E-state index in [0.29, 0.717) is 31.3 Å². The van der Waals surface area contributed by atoms with Crippen LogP contribution in [0.1, 0.15) is 89.8 Å². The van der Waals surface area contributed by atoms with Crippen molar-refractivity contribution in [2.24, 2.45) is 0 Å². The Bertz CT molecular complexity index is 772. The molecule has 0 heterocycles. The first kappa shape index (κ1) is 23.0. The molecule has 0 saturated carbocycles. The molecule has 0 aliphatic carbocycles. The van der Waals surface area contributed by atoms with Crippen molar-refractivity contribution in [3.05, 3.63) is 59.2 Å². The number of carbonyl (C=O) groups is 1. The van der Waals surface area contributed by atoms with Crippen LogP contribution in [0, 0.1) is 0 Å². The van der Waals surface area contributed by atoms with Crippen LogP contribution in [-0.4, -0.2) is 12.5 Å². The summed E-state index contributed by atoms with van der Waals surface area (Å²) in [4.78, 5) is 12.6. The topological polar surface area (TPSA) is 38.3 Å². The summed E-state index contributed by atoms with van der Waals surface area (Å²) in [5, 5.41) is 3.17. The standard InChI is InChI=1S/C26H37NO2/c1-18(2)22-10-8-11-23(19(3)4)25(22)27-24(28)12-9-17-29-21-15-13-20(14-16-21)26(5,6)7/h8,10-11,13-16,18-19H,9,12,17H2,1-7H3,(H,27,28). The van der Waals surface area contributed by atoms with Crippen molar-refractivity contribution in [3.8, 4) is 5.75 Å². The van der Waals surface area contributed by atoms with Crippen LogP contribution in [0.2, 0.25) is 0 Å². The zero-order valence-electron chi connectivity index (χ0n) is 19.1. The molecule has 0 aliphatic heterocycles. The van der Waals surface area contributed by atoms with Crippen LogP contribution in [-0.2, 0) is 10.2 Å². The van der Waals surface area contributed by atoms with E-state index in [1.165, 1.54) is 16.7 Å². The normalized spacial score (nSPS) is 11.8. The first-order valence-electron chi connectivity index (χ1n) is 10.8. The van der Waals surface area contributed by atoms with Gasteiger partial charge in [-0.05, 0) is 52.5 Å². The van der Waals surface area contributed by atoms with Gasteiger partial charge in [0.25, 0.3) is 0 Å². The molecule has 0 fully saturated rings. The maximum absolute atomic E-state index is 12.6. The summed E-state index contributed by atoms with van der Waals surface area (Å²) in [6.07, 6.45) is 1.14. The Kier molecular flexibility index (Phi) is 7.89.